The molecule has 3 rings (SSSR count). The highest BCUT2D eigenvalue weighted by Gasteiger charge is 2.12. The van der Waals surface area contributed by atoms with E-state index in [0.29, 0.717) is 23.2 Å². The van der Waals surface area contributed by atoms with Crippen LogP contribution in [0.25, 0.3) is 0 Å². The van der Waals surface area contributed by atoms with Crippen LogP contribution in [-0.4, -0.2) is 27.0 Å². The van der Waals surface area contributed by atoms with Crippen LogP contribution in [-0.2, 0) is 13.0 Å². The number of amides is 1. The molecule has 0 saturated carbocycles. The molecule has 1 amide bonds. The molecule has 0 atom stereocenters. The van der Waals surface area contributed by atoms with Crippen LogP contribution in [0.1, 0.15) is 34.2 Å². The Morgan fingerprint density at radius 3 is 2.37 bits per heavy atom. The van der Waals surface area contributed by atoms with Crippen molar-refractivity contribution in [3.8, 4) is 5.75 Å². The van der Waals surface area contributed by atoms with E-state index in [0.717, 1.165) is 17.7 Å². The van der Waals surface area contributed by atoms with Crippen molar-refractivity contribution in [2.24, 2.45) is 0 Å². The zero-order valence-corrected chi connectivity index (χ0v) is 16.4. The lowest BCUT2D eigenvalue weighted by Crippen LogP contribution is -2.24. The van der Waals surface area contributed by atoms with E-state index in [9.17, 15) is 4.79 Å². The molecule has 0 aliphatic rings. The van der Waals surface area contributed by atoms with Gasteiger partial charge in [-0.3, -0.25) is 10.2 Å². The van der Waals surface area contributed by atoms with Gasteiger partial charge in [-0.2, -0.15) is 0 Å². The summed E-state index contributed by atoms with van der Waals surface area (Å²) in [6, 6.07) is 15.4. The number of aryl methyl sites for hydroxylation is 2. The minimum absolute atomic E-state index is 0.212. The van der Waals surface area contributed by atoms with Crippen molar-refractivity contribution in [2.45, 2.75) is 32.0 Å². The maximum Gasteiger partial charge on any atom is 0.270 e. The van der Waals surface area contributed by atoms with Gasteiger partial charge in [-0.25, -0.2) is 4.68 Å². The molecule has 1 heterocycles. The molecule has 0 aliphatic carbocycles. The fourth-order valence-corrected chi connectivity index (χ4v) is 2.99. The Labute approximate surface area is 162 Å². The van der Waals surface area contributed by atoms with Gasteiger partial charge < -0.3 is 4.74 Å². The Kier molecular flexibility index (Phi) is 6.13. The number of rotatable bonds is 7. The molecular formula is C20H22N4O2S. The third-order valence-corrected chi connectivity index (χ3v) is 4.77. The average molecular weight is 382 g/mol. The zero-order chi connectivity index (χ0) is 19.2. The molecule has 0 spiro atoms. The Hall–Kier alpha value is -2.80. The van der Waals surface area contributed by atoms with Crippen LogP contribution < -0.4 is 10.2 Å². The standard InChI is InChI=1S/C20H22N4O2S/c1-4-15-7-11-18(12-8-15)26-13-16-5-9-17(10-6-16)19(25)23-24-14(2)21-22-20(24)27-3/h5-12H,4,13H2,1-3H3,(H,23,25). The number of hydrogen-bond acceptors (Lipinski definition) is 5. The van der Waals surface area contributed by atoms with Gasteiger partial charge in [-0.05, 0) is 55.0 Å². The fourth-order valence-electron chi connectivity index (χ4n) is 2.51. The number of carbonyl (C=O) groups excluding carboxylic acids is 1. The van der Waals surface area contributed by atoms with Gasteiger partial charge in [0.05, 0.1) is 0 Å². The second-order valence-corrected chi connectivity index (χ2v) is 6.77. The van der Waals surface area contributed by atoms with Gasteiger partial charge in [0, 0.05) is 5.56 Å². The average Bonchev–Trinajstić information content (AvgIpc) is 3.06. The Morgan fingerprint density at radius 1 is 1.07 bits per heavy atom. The van der Waals surface area contributed by atoms with E-state index in [-0.39, 0.29) is 5.91 Å². The molecule has 1 N–H and O–H groups in total. The number of hydrogen-bond donors (Lipinski definition) is 1. The summed E-state index contributed by atoms with van der Waals surface area (Å²) in [4.78, 5) is 12.5. The zero-order valence-electron chi connectivity index (χ0n) is 15.6. The van der Waals surface area contributed by atoms with Crippen molar-refractivity contribution in [3.63, 3.8) is 0 Å². The molecule has 1 aromatic heterocycles. The molecule has 0 aliphatic heterocycles. The van der Waals surface area contributed by atoms with Gasteiger partial charge in [0.25, 0.3) is 5.91 Å². The predicted octanol–water partition coefficient (Wildman–Crippen LogP) is 3.83. The number of aromatic nitrogens is 3. The quantitative estimate of drug-likeness (QED) is 0.629. The topological polar surface area (TPSA) is 69.0 Å². The summed E-state index contributed by atoms with van der Waals surface area (Å²) >= 11 is 1.42. The van der Waals surface area contributed by atoms with Crippen molar-refractivity contribution in [2.75, 3.05) is 11.7 Å². The Bertz CT molecular complexity index is 905. The maximum atomic E-state index is 12.5. The highest BCUT2D eigenvalue weighted by Crippen LogP contribution is 2.16. The summed E-state index contributed by atoms with van der Waals surface area (Å²) in [5.74, 6) is 1.25. The van der Waals surface area contributed by atoms with Crippen LogP contribution in [0.15, 0.2) is 53.7 Å². The smallest absolute Gasteiger partial charge is 0.270 e. The van der Waals surface area contributed by atoms with Crippen LogP contribution in [0, 0.1) is 6.92 Å². The molecule has 0 unspecified atom stereocenters. The molecule has 0 saturated heterocycles. The first kappa shape index (κ1) is 19.0. The lowest BCUT2D eigenvalue weighted by Gasteiger charge is -2.10. The predicted molar refractivity (Wildman–Crippen MR) is 107 cm³/mol. The van der Waals surface area contributed by atoms with Crippen molar-refractivity contribution in [1.29, 1.82) is 0 Å². The largest absolute Gasteiger partial charge is 0.489 e. The minimum atomic E-state index is -0.212. The SMILES string of the molecule is CCc1ccc(OCc2ccc(C(=O)Nn3c(C)nnc3SC)cc2)cc1. The van der Waals surface area contributed by atoms with E-state index < -0.39 is 0 Å². The van der Waals surface area contributed by atoms with E-state index in [1.807, 2.05) is 30.5 Å². The van der Waals surface area contributed by atoms with Crippen LogP contribution in [0.4, 0.5) is 0 Å². The van der Waals surface area contributed by atoms with Gasteiger partial charge in [0.1, 0.15) is 18.2 Å². The van der Waals surface area contributed by atoms with Gasteiger partial charge in [0.2, 0.25) is 5.16 Å². The lowest BCUT2D eigenvalue weighted by molar-refractivity contribution is 0.100. The first-order valence-electron chi connectivity index (χ1n) is 8.68. The number of carbonyl (C=O) groups is 1. The summed E-state index contributed by atoms with van der Waals surface area (Å²) in [6.07, 6.45) is 2.90. The van der Waals surface area contributed by atoms with Gasteiger partial charge in [0.15, 0.2) is 0 Å². The second kappa shape index (κ2) is 8.73. The highest BCUT2D eigenvalue weighted by atomic mass is 32.2. The molecule has 0 fully saturated rings. The molecule has 0 bridgehead atoms. The van der Waals surface area contributed by atoms with E-state index >= 15 is 0 Å². The summed E-state index contributed by atoms with van der Waals surface area (Å²) < 4.78 is 7.39. The summed E-state index contributed by atoms with van der Waals surface area (Å²) in [6.45, 7) is 4.37. The highest BCUT2D eigenvalue weighted by molar-refractivity contribution is 7.98. The summed E-state index contributed by atoms with van der Waals surface area (Å²) in [5.41, 5.74) is 5.66. The molecule has 6 nitrogen and oxygen atoms in total. The molecule has 0 radical (unpaired) electrons. The first-order chi connectivity index (χ1) is 13.1. The number of nitrogens with zero attached hydrogens (tertiary/aromatic N) is 3. The lowest BCUT2D eigenvalue weighted by atomic mass is 10.1. The van der Waals surface area contributed by atoms with Gasteiger partial charge in [-0.15, -0.1) is 10.2 Å². The third-order valence-electron chi connectivity index (χ3n) is 4.14. The van der Waals surface area contributed by atoms with Crippen molar-refractivity contribution >= 4 is 17.7 Å². The molecule has 27 heavy (non-hydrogen) atoms. The minimum Gasteiger partial charge on any atom is -0.489 e. The van der Waals surface area contributed by atoms with Crippen LogP contribution in [0.5, 0.6) is 5.75 Å². The number of nitrogens with one attached hydrogen (secondary N) is 1. The van der Waals surface area contributed by atoms with E-state index in [4.69, 9.17) is 4.74 Å². The van der Waals surface area contributed by atoms with Crippen LogP contribution in [0.2, 0.25) is 0 Å². The van der Waals surface area contributed by atoms with Crippen molar-refractivity contribution in [3.05, 3.63) is 71.0 Å². The van der Waals surface area contributed by atoms with Gasteiger partial charge >= 0.3 is 0 Å². The molecule has 2 aromatic carbocycles. The first-order valence-corrected chi connectivity index (χ1v) is 9.91. The van der Waals surface area contributed by atoms with E-state index in [2.05, 4.69) is 34.7 Å². The Morgan fingerprint density at radius 2 is 1.74 bits per heavy atom. The fraction of sp³-hybridized carbons (Fsp3) is 0.250. The normalized spacial score (nSPS) is 10.6. The van der Waals surface area contributed by atoms with Gasteiger partial charge in [-0.1, -0.05) is 43.0 Å². The monoisotopic (exact) mass is 382 g/mol. The van der Waals surface area contributed by atoms with Crippen molar-refractivity contribution in [1.82, 2.24) is 14.9 Å². The van der Waals surface area contributed by atoms with Crippen LogP contribution >= 0.6 is 11.8 Å². The van der Waals surface area contributed by atoms with Crippen molar-refractivity contribution < 1.29 is 9.53 Å². The van der Waals surface area contributed by atoms with Crippen LogP contribution in [0.3, 0.4) is 0 Å². The number of ether oxygens (including phenoxy) is 1. The molecular weight excluding hydrogens is 360 g/mol. The van der Waals surface area contributed by atoms with E-state index in [1.165, 1.54) is 17.3 Å². The number of benzene rings is 2. The number of thioether (sulfide) groups is 1. The molecule has 7 heteroatoms. The van der Waals surface area contributed by atoms with E-state index in [1.54, 1.807) is 23.7 Å². The summed E-state index contributed by atoms with van der Waals surface area (Å²) in [5, 5.41) is 8.62. The Balaban J connectivity index is 1.60. The molecule has 140 valence electrons. The molecule has 3 aromatic rings. The maximum absolute atomic E-state index is 12.5. The third kappa shape index (κ3) is 4.68. The second-order valence-electron chi connectivity index (χ2n) is 5.99. The summed E-state index contributed by atoms with van der Waals surface area (Å²) in [7, 11) is 0.